The Balaban J connectivity index is 1.95. The predicted octanol–water partition coefficient (Wildman–Crippen LogP) is 4.21. The number of hydrogen-bond acceptors (Lipinski definition) is 5. The van der Waals surface area contributed by atoms with Crippen molar-refractivity contribution in [1.82, 2.24) is 4.90 Å². The number of halogens is 1. The first-order valence-corrected chi connectivity index (χ1v) is 9.84. The molecule has 0 spiro atoms. The van der Waals surface area contributed by atoms with Gasteiger partial charge in [0.05, 0.1) is 22.8 Å². The summed E-state index contributed by atoms with van der Waals surface area (Å²) in [5, 5.41) is 3.79. The molecule has 0 fully saturated rings. The van der Waals surface area contributed by atoms with Gasteiger partial charge in [0.1, 0.15) is 5.00 Å². The number of ether oxygens (including phenoxy) is 1. The van der Waals surface area contributed by atoms with E-state index in [0.717, 1.165) is 36.5 Å². The second-order valence-corrected chi connectivity index (χ2v) is 7.49. The highest BCUT2D eigenvalue weighted by Gasteiger charge is 2.29. The number of amides is 1. The Morgan fingerprint density at radius 2 is 2.08 bits per heavy atom. The van der Waals surface area contributed by atoms with Crippen molar-refractivity contribution in [2.45, 2.75) is 26.8 Å². The Labute approximate surface area is 161 Å². The van der Waals surface area contributed by atoms with Crippen LogP contribution in [-0.2, 0) is 17.7 Å². The van der Waals surface area contributed by atoms with Gasteiger partial charge in [-0.05, 0) is 37.6 Å². The smallest absolute Gasteiger partial charge is 0.341 e. The van der Waals surface area contributed by atoms with Gasteiger partial charge in [0.15, 0.2) is 0 Å². The number of hydrogen-bond donors (Lipinski definition) is 1. The molecule has 0 atom stereocenters. The van der Waals surface area contributed by atoms with Gasteiger partial charge in [0.2, 0.25) is 0 Å². The van der Waals surface area contributed by atoms with Gasteiger partial charge in [-0.3, -0.25) is 9.69 Å². The molecule has 1 amide bonds. The van der Waals surface area contributed by atoms with Crippen molar-refractivity contribution < 1.29 is 14.3 Å². The predicted molar refractivity (Wildman–Crippen MR) is 104 cm³/mol. The summed E-state index contributed by atoms with van der Waals surface area (Å²) in [6, 6.07) is 6.85. The molecule has 7 heteroatoms. The van der Waals surface area contributed by atoms with Crippen molar-refractivity contribution in [2.24, 2.45) is 0 Å². The Morgan fingerprint density at radius 3 is 2.77 bits per heavy atom. The molecule has 3 rings (SSSR count). The topological polar surface area (TPSA) is 58.6 Å². The van der Waals surface area contributed by atoms with Gasteiger partial charge in [-0.2, -0.15) is 0 Å². The van der Waals surface area contributed by atoms with Gasteiger partial charge in [-0.1, -0.05) is 30.7 Å². The zero-order valence-corrected chi connectivity index (χ0v) is 16.4. The quantitative estimate of drug-likeness (QED) is 0.774. The van der Waals surface area contributed by atoms with E-state index in [1.807, 2.05) is 0 Å². The number of likely N-dealkylation sites (N-methyl/N-ethyl adjacent to an activating group) is 1. The van der Waals surface area contributed by atoms with E-state index < -0.39 is 0 Å². The molecule has 1 N–H and O–H groups in total. The number of esters is 1. The van der Waals surface area contributed by atoms with Gasteiger partial charge >= 0.3 is 5.97 Å². The first-order chi connectivity index (χ1) is 12.5. The molecule has 0 bridgehead atoms. The number of fused-ring (bicyclic) bond motifs is 1. The molecule has 2 heterocycles. The molecule has 138 valence electrons. The average molecular weight is 393 g/mol. The van der Waals surface area contributed by atoms with Crippen molar-refractivity contribution in [3.05, 3.63) is 50.9 Å². The van der Waals surface area contributed by atoms with E-state index in [9.17, 15) is 9.59 Å². The van der Waals surface area contributed by atoms with Crippen molar-refractivity contribution in [3.8, 4) is 0 Å². The Bertz CT molecular complexity index is 834. The van der Waals surface area contributed by atoms with E-state index in [2.05, 4.69) is 17.1 Å². The molecule has 1 aromatic carbocycles. The third-order valence-electron chi connectivity index (χ3n) is 4.41. The molecule has 5 nitrogen and oxygen atoms in total. The van der Waals surface area contributed by atoms with Gasteiger partial charge in [0, 0.05) is 18.0 Å². The molecule has 0 saturated heterocycles. The SMILES string of the molecule is CCOC(=O)c1c(NC(=O)c2ccccc2Cl)sc2c1CCN(CC)C2. The molecular formula is C19H21ClN2O3S. The summed E-state index contributed by atoms with van der Waals surface area (Å²) in [4.78, 5) is 28.6. The second kappa shape index (κ2) is 8.20. The molecule has 0 aliphatic carbocycles. The monoisotopic (exact) mass is 392 g/mol. The fraction of sp³-hybridized carbons (Fsp3) is 0.368. The molecule has 0 radical (unpaired) electrons. The third-order valence-corrected chi connectivity index (χ3v) is 5.87. The lowest BCUT2D eigenvalue weighted by Crippen LogP contribution is -2.30. The number of nitrogens with one attached hydrogen (secondary N) is 1. The minimum Gasteiger partial charge on any atom is -0.462 e. The fourth-order valence-electron chi connectivity index (χ4n) is 3.05. The van der Waals surface area contributed by atoms with Crippen LogP contribution in [0.5, 0.6) is 0 Å². The number of nitrogens with zero attached hydrogens (tertiary/aromatic N) is 1. The molecule has 2 aromatic rings. The van der Waals surface area contributed by atoms with Gasteiger partial charge < -0.3 is 10.1 Å². The summed E-state index contributed by atoms with van der Waals surface area (Å²) in [5.74, 6) is -0.712. The number of rotatable bonds is 5. The molecule has 1 aliphatic rings. The lowest BCUT2D eigenvalue weighted by Gasteiger charge is -2.25. The number of carbonyl (C=O) groups is 2. The zero-order valence-electron chi connectivity index (χ0n) is 14.8. The molecule has 1 aromatic heterocycles. The molecule has 1 aliphatic heterocycles. The molecule has 0 unspecified atom stereocenters. The largest absolute Gasteiger partial charge is 0.462 e. The zero-order chi connectivity index (χ0) is 18.7. The summed E-state index contributed by atoms with van der Waals surface area (Å²) >= 11 is 7.57. The minimum atomic E-state index is -0.385. The van der Waals surface area contributed by atoms with E-state index in [-0.39, 0.29) is 11.9 Å². The Kier molecular flexibility index (Phi) is 5.96. The number of carbonyl (C=O) groups excluding carboxylic acids is 2. The van der Waals surface area contributed by atoms with Crippen LogP contribution in [0.25, 0.3) is 0 Å². The van der Waals surface area contributed by atoms with Crippen LogP contribution in [0.4, 0.5) is 5.00 Å². The number of anilines is 1. The lowest BCUT2D eigenvalue weighted by molar-refractivity contribution is 0.0526. The van der Waals surface area contributed by atoms with Crippen LogP contribution in [0, 0.1) is 0 Å². The van der Waals surface area contributed by atoms with Crippen molar-refractivity contribution in [3.63, 3.8) is 0 Å². The summed E-state index contributed by atoms with van der Waals surface area (Å²) in [6.45, 7) is 6.81. The van der Waals surface area contributed by atoms with Crippen LogP contribution in [0.1, 0.15) is 45.0 Å². The third kappa shape index (κ3) is 3.77. The van der Waals surface area contributed by atoms with Crippen LogP contribution in [0.2, 0.25) is 5.02 Å². The number of benzene rings is 1. The Hall–Kier alpha value is -1.89. The van der Waals surface area contributed by atoms with Crippen LogP contribution in [0.15, 0.2) is 24.3 Å². The van der Waals surface area contributed by atoms with Crippen LogP contribution >= 0.6 is 22.9 Å². The Morgan fingerprint density at radius 1 is 1.31 bits per heavy atom. The summed E-state index contributed by atoms with van der Waals surface area (Å²) in [6.07, 6.45) is 0.774. The molecule has 26 heavy (non-hydrogen) atoms. The minimum absolute atomic E-state index is 0.294. The van der Waals surface area contributed by atoms with Crippen LogP contribution in [-0.4, -0.2) is 36.5 Å². The fourth-order valence-corrected chi connectivity index (χ4v) is 4.54. The molecular weight excluding hydrogens is 372 g/mol. The number of thiophene rings is 1. The first kappa shape index (κ1) is 18.9. The standard InChI is InChI=1S/C19H21ClN2O3S/c1-3-22-10-9-13-15(11-22)26-18(16(13)19(24)25-4-2)21-17(23)12-7-5-6-8-14(12)20/h5-8H,3-4,9-11H2,1-2H3,(H,21,23). The lowest BCUT2D eigenvalue weighted by atomic mass is 10.0. The van der Waals surface area contributed by atoms with Gasteiger partial charge in [-0.15, -0.1) is 11.3 Å². The van der Waals surface area contributed by atoms with E-state index in [1.165, 1.54) is 11.3 Å². The second-order valence-electron chi connectivity index (χ2n) is 5.98. The summed E-state index contributed by atoms with van der Waals surface area (Å²) in [5.41, 5.74) is 1.86. The normalized spacial score (nSPS) is 14.0. The average Bonchev–Trinajstić information content (AvgIpc) is 2.98. The van der Waals surface area contributed by atoms with E-state index in [4.69, 9.17) is 16.3 Å². The van der Waals surface area contributed by atoms with E-state index in [0.29, 0.717) is 27.8 Å². The van der Waals surface area contributed by atoms with Crippen LogP contribution in [0.3, 0.4) is 0 Å². The van der Waals surface area contributed by atoms with E-state index >= 15 is 0 Å². The molecule has 0 saturated carbocycles. The van der Waals surface area contributed by atoms with Crippen molar-refractivity contribution in [1.29, 1.82) is 0 Å². The van der Waals surface area contributed by atoms with Crippen molar-refractivity contribution in [2.75, 3.05) is 25.0 Å². The van der Waals surface area contributed by atoms with Gasteiger partial charge in [-0.25, -0.2) is 4.79 Å². The van der Waals surface area contributed by atoms with E-state index in [1.54, 1.807) is 31.2 Å². The maximum absolute atomic E-state index is 12.6. The summed E-state index contributed by atoms with van der Waals surface area (Å²) < 4.78 is 5.23. The summed E-state index contributed by atoms with van der Waals surface area (Å²) in [7, 11) is 0. The maximum Gasteiger partial charge on any atom is 0.341 e. The first-order valence-electron chi connectivity index (χ1n) is 8.65. The highest BCUT2D eigenvalue weighted by molar-refractivity contribution is 7.17. The maximum atomic E-state index is 12.6. The van der Waals surface area contributed by atoms with Crippen LogP contribution < -0.4 is 5.32 Å². The van der Waals surface area contributed by atoms with Crippen molar-refractivity contribution >= 4 is 39.8 Å². The highest BCUT2D eigenvalue weighted by atomic mass is 35.5. The highest BCUT2D eigenvalue weighted by Crippen LogP contribution is 2.38. The van der Waals surface area contributed by atoms with Gasteiger partial charge in [0.25, 0.3) is 5.91 Å².